The number of carboxylic acids is 1. The van der Waals surface area contributed by atoms with Gasteiger partial charge in [0.25, 0.3) is 5.91 Å². The van der Waals surface area contributed by atoms with Crippen molar-refractivity contribution >= 4 is 23.4 Å². The highest BCUT2D eigenvalue weighted by molar-refractivity contribution is 6.42. The van der Waals surface area contributed by atoms with Gasteiger partial charge in [-0.15, -0.1) is 0 Å². The summed E-state index contributed by atoms with van der Waals surface area (Å²) >= 11 is 0. The largest absolute Gasteiger partial charge is 0.478 e. The zero-order chi connectivity index (χ0) is 13.0. The molecule has 6 nitrogen and oxygen atoms in total. The zero-order valence-corrected chi connectivity index (χ0v) is 9.64. The quantitative estimate of drug-likeness (QED) is 0.733. The summed E-state index contributed by atoms with van der Waals surface area (Å²) < 4.78 is 0. The van der Waals surface area contributed by atoms with Crippen LogP contribution in [-0.4, -0.2) is 35.9 Å². The summed E-state index contributed by atoms with van der Waals surface area (Å²) in [5.41, 5.74) is 0.723. The Kier molecular flexibility index (Phi) is 3.57. The Morgan fingerprint density at radius 3 is 2.56 bits per heavy atom. The number of hydrogen-bond acceptors (Lipinski definition) is 4. The number of nitrogens with zero attached hydrogens (tertiary/aromatic N) is 1. The molecule has 0 spiro atoms. The van der Waals surface area contributed by atoms with Gasteiger partial charge in [0, 0.05) is 18.8 Å². The van der Waals surface area contributed by atoms with Gasteiger partial charge in [-0.25, -0.2) is 4.79 Å². The van der Waals surface area contributed by atoms with E-state index in [4.69, 9.17) is 5.11 Å². The van der Waals surface area contributed by atoms with Crippen molar-refractivity contribution in [3.8, 4) is 0 Å². The first-order chi connectivity index (χ1) is 8.66. The van der Waals surface area contributed by atoms with E-state index in [0.29, 0.717) is 18.1 Å². The third-order valence-electron chi connectivity index (χ3n) is 2.50. The molecule has 3 N–H and O–H groups in total. The second-order valence-electron chi connectivity index (χ2n) is 3.85. The number of anilines is 1. The van der Waals surface area contributed by atoms with Gasteiger partial charge in [0.15, 0.2) is 5.84 Å². The lowest BCUT2D eigenvalue weighted by molar-refractivity contribution is -0.110. The second kappa shape index (κ2) is 5.31. The molecule has 0 aliphatic carbocycles. The summed E-state index contributed by atoms with van der Waals surface area (Å²) in [5.74, 6) is -0.979. The van der Waals surface area contributed by atoms with Crippen LogP contribution in [0.2, 0.25) is 0 Å². The maximum absolute atomic E-state index is 11.8. The van der Waals surface area contributed by atoms with Gasteiger partial charge in [-0.3, -0.25) is 9.79 Å². The van der Waals surface area contributed by atoms with E-state index in [-0.39, 0.29) is 11.5 Å². The molecule has 6 heteroatoms. The van der Waals surface area contributed by atoms with E-state index in [1.165, 1.54) is 12.1 Å². The van der Waals surface area contributed by atoms with Crippen LogP contribution in [0.3, 0.4) is 0 Å². The summed E-state index contributed by atoms with van der Waals surface area (Å²) in [6, 6.07) is 5.97. The second-order valence-corrected chi connectivity index (χ2v) is 3.85. The zero-order valence-electron chi connectivity index (χ0n) is 9.64. The van der Waals surface area contributed by atoms with Gasteiger partial charge >= 0.3 is 5.97 Å². The first kappa shape index (κ1) is 12.1. The fourth-order valence-corrected chi connectivity index (χ4v) is 1.57. The molecule has 0 radical (unpaired) electrons. The average molecular weight is 247 g/mol. The third-order valence-corrected chi connectivity index (χ3v) is 2.50. The Bertz CT molecular complexity index is 494. The molecule has 0 saturated heterocycles. The molecule has 0 fully saturated rings. The highest BCUT2D eigenvalue weighted by Gasteiger charge is 2.13. The monoisotopic (exact) mass is 247 g/mol. The summed E-state index contributed by atoms with van der Waals surface area (Å²) in [6.45, 7) is 1.39. The highest BCUT2D eigenvalue weighted by atomic mass is 16.4. The molecule has 2 rings (SSSR count). The Labute approximate surface area is 104 Å². The van der Waals surface area contributed by atoms with Crippen molar-refractivity contribution in [2.24, 2.45) is 4.99 Å². The minimum absolute atomic E-state index is 0.182. The molecule has 1 aromatic rings. The van der Waals surface area contributed by atoms with Crippen molar-refractivity contribution in [1.82, 2.24) is 5.32 Å². The Morgan fingerprint density at radius 2 is 2.00 bits per heavy atom. The number of carboxylic acid groups (broad SMARTS) is 1. The predicted octanol–water partition coefficient (Wildman–Crippen LogP) is 0.715. The van der Waals surface area contributed by atoms with E-state index in [1.54, 1.807) is 12.1 Å². The highest BCUT2D eigenvalue weighted by Crippen LogP contribution is 2.09. The van der Waals surface area contributed by atoms with Crippen LogP contribution in [0.4, 0.5) is 5.69 Å². The van der Waals surface area contributed by atoms with E-state index < -0.39 is 5.97 Å². The van der Waals surface area contributed by atoms with Crippen molar-refractivity contribution in [2.45, 2.75) is 6.42 Å². The summed E-state index contributed by atoms with van der Waals surface area (Å²) in [4.78, 5) is 26.5. The summed E-state index contributed by atoms with van der Waals surface area (Å²) in [7, 11) is 0. The van der Waals surface area contributed by atoms with E-state index in [1.807, 2.05) is 0 Å². The van der Waals surface area contributed by atoms with Crippen molar-refractivity contribution in [2.75, 3.05) is 18.4 Å². The first-order valence-corrected chi connectivity index (χ1v) is 5.60. The number of amides is 1. The lowest BCUT2D eigenvalue weighted by Crippen LogP contribution is -2.39. The predicted molar refractivity (Wildman–Crippen MR) is 67.0 cm³/mol. The molecule has 1 amide bonds. The summed E-state index contributed by atoms with van der Waals surface area (Å²) in [6.07, 6.45) is 0.921. The Hall–Kier alpha value is -2.37. The summed E-state index contributed by atoms with van der Waals surface area (Å²) in [5, 5.41) is 14.3. The van der Waals surface area contributed by atoms with E-state index in [2.05, 4.69) is 15.6 Å². The normalized spacial score (nSPS) is 14.3. The number of carbonyl (C=O) groups excluding carboxylic acids is 1. The number of aromatic carboxylic acids is 1. The van der Waals surface area contributed by atoms with Crippen LogP contribution >= 0.6 is 0 Å². The van der Waals surface area contributed by atoms with Gasteiger partial charge in [0.1, 0.15) is 0 Å². The maximum atomic E-state index is 11.8. The number of amidine groups is 1. The third kappa shape index (κ3) is 2.85. The number of hydrogen-bond donors (Lipinski definition) is 3. The SMILES string of the molecule is O=C(Nc1ccc(C(=O)O)cc1)C1=NCCCN1. The van der Waals surface area contributed by atoms with Crippen LogP contribution in [0.5, 0.6) is 0 Å². The Morgan fingerprint density at radius 1 is 1.28 bits per heavy atom. The fourth-order valence-electron chi connectivity index (χ4n) is 1.57. The maximum Gasteiger partial charge on any atom is 0.335 e. The molecule has 18 heavy (non-hydrogen) atoms. The number of nitrogens with one attached hydrogen (secondary N) is 2. The molecule has 0 atom stereocenters. The molecular weight excluding hydrogens is 234 g/mol. The van der Waals surface area contributed by atoms with Gasteiger partial charge in [-0.1, -0.05) is 0 Å². The molecule has 0 bridgehead atoms. The van der Waals surface area contributed by atoms with Crippen LogP contribution in [-0.2, 0) is 4.79 Å². The fraction of sp³-hybridized carbons (Fsp3) is 0.250. The van der Waals surface area contributed by atoms with Crippen molar-refractivity contribution in [1.29, 1.82) is 0 Å². The minimum atomic E-state index is -0.994. The molecule has 1 aliphatic heterocycles. The molecule has 1 aliphatic rings. The number of carbonyl (C=O) groups is 2. The topological polar surface area (TPSA) is 90.8 Å². The number of benzene rings is 1. The van der Waals surface area contributed by atoms with Gasteiger partial charge in [-0.2, -0.15) is 0 Å². The van der Waals surface area contributed by atoms with E-state index in [9.17, 15) is 9.59 Å². The molecular formula is C12H13N3O3. The van der Waals surface area contributed by atoms with E-state index in [0.717, 1.165) is 13.0 Å². The van der Waals surface area contributed by atoms with Crippen molar-refractivity contribution < 1.29 is 14.7 Å². The Balaban J connectivity index is 2.02. The van der Waals surface area contributed by atoms with Crippen molar-refractivity contribution in [3.63, 3.8) is 0 Å². The average Bonchev–Trinajstić information content (AvgIpc) is 2.40. The van der Waals surface area contributed by atoms with Gasteiger partial charge in [0.05, 0.1) is 5.56 Å². The first-order valence-electron chi connectivity index (χ1n) is 5.60. The molecule has 0 saturated carbocycles. The van der Waals surface area contributed by atoms with Crippen molar-refractivity contribution in [3.05, 3.63) is 29.8 Å². The number of rotatable bonds is 3. The van der Waals surface area contributed by atoms with Crippen LogP contribution in [0.15, 0.2) is 29.3 Å². The molecule has 0 aromatic heterocycles. The molecule has 1 aromatic carbocycles. The minimum Gasteiger partial charge on any atom is -0.478 e. The van der Waals surface area contributed by atoms with Crippen LogP contribution < -0.4 is 10.6 Å². The van der Waals surface area contributed by atoms with E-state index >= 15 is 0 Å². The molecule has 1 heterocycles. The smallest absolute Gasteiger partial charge is 0.335 e. The van der Waals surface area contributed by atoms with Gasteiger partial charge in [-0.05, 0) is 30.7 Å². The molecule has 0 unspecified atom stereocenters. The van der Waals surface area contributed by atoms with Crippen LogP contribution in [0, 0.1) is 0 Å². The van der Waals surface area contributed by atoms with Gasteiger partial charge in [0.2, 0.25) is 0 Å². The van der Waals surface area contributed by atoms with Gasteiger partial charge < -0.3 is 15.7 Å². The molecule has 94 valence electrons. The lowest BCUT2D eigenvalue weighted by atomic mass is 10.2. The lowest BCUT2D eigenvalue weighted by Gasteiger charge is -2.14. The number of aliphatic imine (C=N–C) groups is 1. The standard InChI is InChI=1S/C12H13N3O3/c16-11(10-13-6-1-7-14-10)15-9-4-2-8(3-5-9)12(17)18/h2-5H,1,6-7H2,(H,13,14)(H,15,16)(H,17,18). The van der Waals surface area contributed by atoms with Crippen LogP contribution in [0.25, 0.3) is 0 Å². The van der Waals surface area contributed by atoms with Crippen LogP contribution in [0.1, 0.15) is 16.8 Å².